The number of hydrogen-bond donors (Lipinski definition) is 1. The molecule has 96 valence electrons. The van der Waals surface area contributed by atoms with E-state index in [-0.39, 0.29) is 23.8 Å². The van der Waals surface area contributed by atoms with Crippen molar-refractivity contribution in [2.75, 3.05) is 26.7 Å². The normalized spacial score (nSPS) is 21.9. The van der Waals surface area contributed by atoms with Gasteiger partial charge in [0.05, 0.1) is 19.1 Å². The molecule has 1 saturated heterocycles. The van der Waals surface area contributed by atoms with Gasteiger partial charge in [0.2, 0.25) is 5.91 Å². The van der Waals surface area contributed by atoms with Crippen LogP contribution < -0.4 is 5.32 Å². The minimum Gasteiger partial charge on any atom is -0.469 e. The van der Waals surface area contributed by atoms with Gasteiger partial charge in [-0.05, 0) is 19.9 Å². The Morgan fingerprint density at radius 3 is 2.94 bits per heavy atom. The zero-order valence-corrected chi connectivity index (χ0v) is 10.4. The fraction of sp³-hybridized carbons (Fsp3) is 0.667. The zero-order chi connectivity index (χ0) is 12.8. The highest BCUT2D eigenvalue weighted by Crippen LogP contribution is 2.19. The van der Waals surface area contributed by atoms with Gasteiger partial charge in [0, 0.05) is 13.1 Å². The smallest absolute Gasteiger partial charge is 0.310 e. The Morgan fingerprint density at radius 2 is 2.35 bits per heavy atom. The molecule has 1 N–H and O–H groups in total. The molecule has 1 rings (SSSR count). The summed E-state index contributed by atoms with van der Waals surface area (Å²) in [6.45, 7) is 7.21. The molecule has 0 aromatic rings. The van der Waals surface area contributed by atoms with Crippen LogP contribution in [0, 0.1) is 5.92 Å². The number of carbonyl (C=O) groups excluding carboxylic acids is 2. The highest BCUT2D eigenvalue weighted by Gasteiger charge is 2.33. The number of likely N-dealkylation sites (tertiary alicyclic amines) is 1. The number of nitrogens with zero attached hydrogens (tertiary/aromatic N) is 1. The Labute approximate surface area is 102 Å². The molecule has 1 amide bonds. The predicted octanol–water partition coefficient (Wildman–Crippen LogP) is 0.172. The summed E-state index contributed by atoms with van der Waals surface area (Å²) in [6, 6.07) is -0.218. The third-order valence-electron chi connectivity index (χ3n) is 3.10. The molecule has 0 saturated carbocycles. The van der Waals surface area contributed by atoms with Crippen molar-refractivity contribution < 1.29 is 14.3 Å². The van der Waals surface area contributed by atoms with Crippen molar-refractivity contribution in [2.24, 2.45) is 5.92 Å². The van der Waals surface area contributed by atoms with Crippen LogP contribution in [-0.2, 0) is 14.3 Å². The molecule has 1 aliphatic rings. The van der Waals surface area contributed by atoms with Crippen LogP contribution in [0.5, 0.6) is 0 Å². The molecular weight excluding hydrogens is 220 g/mol. The number of methoxy groups -OCH3 is 1. The average Bonchev–Trinajstić information content (AvgIpc) is 2.83. The summed E-state index contributed by atoms with van der Waals surface area (Å²) in [5.41, 5.74) is 0. The topological polar surface area (TPSA) is 58.6 Å². The second-order valence-corrected chi connectivity index (χ2v) is 4.21. The number of carbonyl (C=O) groups is 2. The molecule has 5 heteroatoms. The average molecular weight is 240 g/mol. The molecule has 0 aliphatic carbocycles. The van der Waals surface area contributed by atoms with E-state index < -0.39 is 0 Å². The van der Waals surface area contributed by atoms with Gasteiger partial charge in [-0.3, -0.25) is 14.5 Å². The summed E-state index contributed by atoms with van der Waals surface area (Å²) >= 11 is 0. The molecule has 2 unspecified atom stereocenters. The second-order valence-electron chi connectivity index (χ2n) is 4.21. The van der Waals surface area contributed by atoms with Gasteiger partial charge in [-0.15, -0.1) is 6.58 Å². The van der Waals surface area contributed by atoms with Gasteiger partial charge in [0.15, 0.2) is 0 Å². The summed E-state index contributed by atoms with van der Waals surface area (Å²) in [6.07, 6.45) is 2.40. The van der Waals surface area contributed by atoms with Crippen molar-refractivity contribution in [3.05, 3.63) is 12.7 Å². The van der Waals surface area contributed by atoms with Crippen LogP contribution in [0.25, 0.3) is 0 Å². The van der Waals surface area contributed by atoms with Gasteiger partial charge in [0.25, 0.3) is 0 Å². The van der Waals surface area contributed by atoms with E-state index in [4.69, 9.17) is 4.74 Å². The van der Waals surface area contributed by atoms with Crippen LogP contribution >= 0.6 is 0 Å². The Morgan fingerprint density at radius 1 is 1.65 bits per heavy atom. The predicted molar refractivity (Wildman–Crippen MR) is 64.4 cm³/mol. The maximum absolute atomic E-state index is 11.7. The van der Waals surface area contributed by atoms with E-state index >= 15 is 0 Å². The third kappa shape index (κ3) is 3.56. The van der Waals surface area contributed by atoms with Gasteiger partial charge in [-0.2, -0.15) is 0 Å². The Kier molecular flexibility index (Phi) is 5.15. The van der Waals surface area contributed by atoms with Crippen LogP contribution in [0.3, 0.4) is 0 Å². The minimum atomic E-state index is -0.218. The fourth-order valence-electron chi connectivity index (χ4n) is 1.98. The van der Waals surface area contributed by atoms with Crippen LogP contribution in [0.1, 0.15) is 13.3 Å². The summed E-state index contributed by atoms with van der Waals surface area (Å²) < 4.78 is 4.71. The van der Waals surface area contributed by atoms with Crippen LogP contribution in [0.15, 0.2) is 12.7 Å². The number of nitrogens with one attached hydrogen (secondary N) is 1. The van der Waals surface area contributed by atoms with Crippen molar-refractivity contribution >= 4 is 11.9 Å². The molecule has 0 bridgehead atoms. The van der Waals surface area contributed by atoms with Gasteiger partial charge in [0.1, 0.15) is 0 Å². The van der Waals surface area contributed by atoms with Crippen molar-refractivity contribution in [3.8, 4) is 0 Å². The number of esters is 1. The molecule has 1 aliphatic heterocycles. The van der Waals surface area contributed by atoms with E-state index in [0.717, 1.165) is 13.0 Å². The lowest BCUT2D eigenvalue weighted by atomic mass is 10.1. The number of ether oxygens (including phenoxy) is 1. The lowest BCUT2D eigenvalue weighted by Crippen LogP contribution is -2.44. The number of hydrogen-bond acceptors (Lipinski definition) is 4. The Balaban J connectivity index is 2.44. The maximum Gasteiger partial charge on any atom is 0.310 e. The number of rotatable bonds is 5. The largest absolute Gasteiger partial charge is 0.469 e. The second kappa shape index (κ2) is 6.39. The first-order chi connectivity index (χ1) is 8.10. The molecule has 2 atom stereocenters. The van der Waals surface area contributed by atoms with Gasteiger partial charge < -0.3 is 10.1 Å². The first kappa shape index (κ1) is 13.7. The lowest BCUT2D eigenvalue weighted by Gasteiger charge is -2.22. The van der Waals surface area contributed by atoms with Gasteiger partial charge in [-0.1, -0.05) is 6.08 Å². The number of amides is 1. The summed E-state index contributed by atoms with van der Waals surface area (Å²) in [5, 5.41) is 2.75. The van der Waals surface area contributed by atoms with Crippen molar-refractivity contribution in [1.29, 1.82) is 0 Å². The van der Waals surface area contributed by atoms with Crippen molar-refractivity contribution in [3.63, 3.8) is 0 Å². The van der Waals surface area contributed by atoms with Crippen LogP contribution in [-0.4, -0.2) is 49.6 Å². The van der Waals surface area contributed by atoms with Crippen LogP contribution in [0.2, 0.25) is 0 Å². The molecule has 0 radical (unpaired) electrons. The quantitative estimate of drug-likeness (QED) is 0.550. The van der Waals surface area contributed by atoms with Gasteiger partial charge >= 0.3 is 5.97 Å². The van der Waals surface area contributed by atoms with E-state index in [0.29, 0.717) is 13.1 Å². The molecule has 0 aromatic heterocycles. The summed E-state index contributed by atoms with van der Waals surface area (Å²) in [5.74, 6) is -0.323. The van der Waals surface area contributed by atoms with E-state index in [1.54, 1.807) is 6.08 Å². The molecular formula is C12H20N2O3. The van der Waals surface area contributed by atoms with Crippen molar-refractivity contribution in [1.82, 2.24) is 10.2 Å². The summed E-state index contributed by atoms with van der Waals surface area (Å²) in [4.78, 5) is 25.1. The molecule has 1 heterocycles. The van der Waals surface area contributed by atoms with E-state index in [9.17, 15) is 9.59 Å². The molecule has 0 aromatic carbocycles. The monoisotopic (exact) mass is 240 g/mol. The van der Waals surface area contributed by atoms with E-state index in [2.05, 4.69) is 11.9 Å². The van der Waals surface area contributed by atoms with Crippen LogP contribution in [0.4, 0.5) is 0 Å². The molecule has 17 heavy (non-hydrogen) atoms. The van der Waals surface area contributed by atoms with E-state index in [1.165, 1.54) is 7.11 Å². The Bertz CT molecular complexity index is 304. The molecule has 5 nitrogen and oxygen atoms in total. The standard InChI is InChI=1S/C12H20N2O3/c1-4-6-13-11(15)9(2)14-7-5-10(8-14)12(16)17-3/h4,9-10H,1,5-8H2,2-3H3,(H,13,15). The summed E-state index contributed by atoms with van der Waals surface area (Å²) in [7, 11) is 1.39. The van der Waals surface area contributed by atoms with Gasteiger partial charge in [-0.25, -0.2) is 0 Å². The highest BCUT2D eigenvalue weighted by molar-refractivity contribution is 5.81. The van der Waals surface area contributed by atoms with Crippen molar-refractivity contribution in [2.45, 2.75) is 19.4 Å². The minimum absolute atomic E-state index is 0.0320. The first-order valence-corrected chi connectivity index (χ1v) is 5.80. The van der Waals surface area contributed by atoms with E-state index in [1.807, 2.05) is 11.8 Å². The first-order valence-electron chi connectivity index (χ1n) is 5.80. The zero-order valence-electron chi connectivity index (χ0n) is 10.4. The maximum atomic E-state index is 11.7. The fourth-order valence-corrected chi connectivity index (χ4v) is 1.98. The third-order valence-corrected chi connectivity index (χ3v) is 3.10. The highest BCUT2D eigenvalue weighted by atomic mass is 16.5. The molecule has 1 fully saturated rings. The SMILES string of the molecule is C=CCNC(=O)C(C)N1CCC(C(=O)OC)C1. The molecule has 0 spiro atoms. The Hall–Kier alpha value is -1.36. The lowest BCUT2D eigenvalue weighted by molar-refractivity contribution is -0.145.